The zero-order valence-electron chi connectivity index (χ0n) is 11.0. The van der Waals surface area contributed by atoms with Gasteiger partial charge in [0.1, 0.15) is 5.75 Å². The molecule has 2 rings (SSSR count). The maximum absolute atomic E-state index is 11.6. The van der Waals surface area contributed by atoms with Gasteiger partial charge in [-0.1, -0.05) is 31.9 Å². The third kappa shape index (κ3) is 1.98. The van der Waals surface area contributed by atoms with E-state index in [-0.39, 0.29) is 0 Å². The summed E-state index contributed by atoms with van der Waals surface area (Å²) in [7, 11) is 1.65. The summed E-state index contributed by atoms with van der Waals surface area (Å²) < 4.78 is 5.30. The van der Waals surface area contributed by atoms with Crippen LogP contribution in [0.5, 0.6) is 5.75 Å². The lowest BCUT2D eigenvalue weighted by Gasteiger charge is -2.25. The topological polar surface area (TPSA) is 46.5 Å². The summed E-state index contributed by atoms with van der Waals surface area (Å²) in [6.45, 7) is 2.06. The SMILES string of the molecule is CCc1cc(C2(C(=O)O)CCCC2)ccc1OC. The highest BCUT2D eigenvalue weighted by atomic mass is 16.5. The Kier molecular flexibility index (Phi) is 3.60. The molecule has 0 spiro atoms. The molecule has 0 aromatic heterocycles. The number of aliphatic carboxylic acids is 1. The highest BCUT2D eigenvalue weighted by Crippen LogP contribution is 2.42. The Morgan fingerprint density at radius 1 is 1.39 bits per heavy atom. The fourth-order valence-electron chi connectivity index (χ4n) is 2.96. The number of rotatable bonds is 4. The van der Waals surface area contributed by atoms with Crippen molar-refractivity contribution >= 4 is 5.97 Å². The molecular formula is C15H20O3. The summed E-state index contributed by atoms with van der Waals surface area (Å²) in [5.74, 6) is 0.159. The molecule has 18 heavy (non-hydrogen) atoms. The molecule has 98 valence electrons. The number of carbonyl (C=O) groups is 1. The van der Waals surface area contributed by atoms with Gasteiger partial charge in [0.05, 0.1) is 12.5 Å². The van der Waals surface area contributed by atoms with Crippen LogP contribution in [0.1, 0.15) is 43.7 Å². The van der Waals surface area contributed by atoms with E-state index in [2.05, 4.69) is 6.92 Å². The van der Waals surface area contributed by atoms with Crippen LogP contribution in [0.15, 0.2) is 18.2 Å². The van der Waals surface area contributed by atoms with Gasteiger partial charge >= 0.3 is 5.97 Å². The Bertz CT molecular complexity index is 445. The molecule has 1 fully saturated rings. The lowest BCUT2D eigenvalue weighted by Crippen LogP contribution is -2.32. The fourth-order valence-corrected chi connectivity index (χ4v) is 2.96. The van der Waals surface area contributed by atoms with Crippen LogP contribution in [-0.4, -0.2) is 18.2 Å². The molecule has 0 heterocycles. The first kappa shape index (κ1) is 12.9. The Morgan fingerprint density at radius 2 is 2.06 bits per heavy atom. The lowest BCUT2D eigenvalue weighted by molar-refractivity contribution is -0.143. The van der Waals surface area contributed by atoms with Crippen molar-refractivity contribution in [3.63, 3.8) is 0 Å². The summed E-state index contributed by atoms with van der Waals surface area (Å²) in [5.41, 5.74) is 1.35. The van der Waals surface area contributed by atoms with E-state index in [4.69, 9.17) is 4.74 Å². The number of hydrogen-bond acceptors (Lipinski definition) is 2. The van der Waals surface area contributed by atoms with E-state index >= 15 is 0 Å². The molecule has 1 N–H and O–H groups in total. The molecule has 0 atom stereocenters. The van der Waals surface area contributed by atoms with Crippen molar-refractivity contribution in [2.45, 2.75) is 44.4 Å². The van der Waals surface area contributed by atoms with Gasteiger partial charge < -0.3 is 9.84 Å². The average Bonchev–Trinajstić information content (AvgIpc) is 2.88. The molecule has 1 aromatic rings. The van der Waals surface area contributed by atoms with Gasteiger partial charge in [-0.25, -0.2) is 0 Å². The molecule has 0 saturated heterocycles. The zero-order chi connectivity index (χ0) is 13.2. The number of carboxylic acid groups (broad SMARTS) is 1. The fraction of sp³-hybridized carbons (Fsp3) is 0.533. The van der Waals surface area contributed by atoms with Crippen LogP contribution in [0.4, 0.5) is 0 Å². The first-order valence-electron chi connectivity index (χ1n) is 6.55. The molecule has 0 bridgehead atoms. The smallest absolute Gasteiger partial charge is 0.314 e. The minimum Gasteiger partial charge on any atom is -0.496 e. The molecule has 1 saturated carbocycles. The van der Waals surface area contributed by atoms with Crippen LogP contribution >= 0.6 is 0 Å². The van der Waals surface area contributed by atoms with Crippen molar-refractivity contribution in [1.29, 1.82) is 0 Å². The third-order valence-electron chi connectivity index (χ3n) is 4.08. The van der Waals surface area contributed by atoms with Crippen molar-refractivity contribution in [2.75, 3.05) is 7.11 Å². The first-order valence-corrected chi connectivity index (χ1v) is 6.55. The highest BCUT2D eigenvalue weighted by molar-refractivity contribution is 5.82. The lowest BCUT2D eigenvalue weighted by atomic mass is 9.78. The molecule has 0 amide bonds. The second kappa shape index (κ2) is 5.01. The molecular weight excluding hydrogens is 228 g/mol. The van der Waals surface area contributed by atoms with E-state index in [9.17, 15) is 9.90 Å². The number of aryl methyl sites for hydroxylation is 1. The number of carboxylic acids is 1. The number of methoxy groups -OCH3 is 1. The van der Waals surface area contributed by atoms with E-state index in [1.54, 1.807) is 7.11 Å². The van der Waals surface area contributed by atoms with Gasteiger partial charge in [0.15, 0.2) is 0 Å². The first-order chi connectivity index (χ1) is 8.64. The summed E-state index contributed by atoms with van der Waals surface area (Å²) in [5, 5.41) is 9.58. The number of benzene rings is 1. The van der Waals surface area contributed by atoms with Crippen molar-refractivity contribution in [3.05, 3.63) is 29.3 Å². The summed E-state index contributed by atoms with van der Waals surface area (Å²) in [6, 6.07) is 5.83. The highest BCUT2D eigenvalue weighted by Gasteiger charge is 2.43. The molecule has 1 aliphatic rings. The van der Waals surface area contributed by atoms with Crippen LogP contribution < -0.4 is 4.74 Å². The third-order valence-corrected chi connectivity index (χ3v) is 4.08. The average molecular weight is 248 g/mol. The molecule has 3 heteroatoms. The number of hydrogen-bond donors (Lipinski definition) is 1. The quantitative estimate of drug-likeness (QED) is 0.890. The molecule has 0 aliphatic heterocycles. The Morgan fingerprint density at radius 3 is 2.56 bits per heavy atom. The Balaban J connectivity index is 2.46. The van der Waals surface area contributed by atoms with E-state index in [1.807, 2.05) is 18.2 Å². The minimum absolute atomic E-state index is 0.670. The monoisotopic (exact) mass is 248 g/mol. The van der Waals surface area contributed by atoms with Gasteiger partial charge in [-0.15, -0.1) is 0 Å². The maximum Gasteiger partial charge on any atom is 0.314 e. The van der Waals surface area contributed by atoms with Crippen LogP contribution in [-0.2, 0) is 16.6 Å². The molecule has 0 radical (unpaired) electrons. The van der Waals surface area contributed by atoms with Gasteiger partial charge in [0.2, 0.25) is 0 Å². The largest absolute Gasteiger partial charge is 0.496 e. The van der Waals surface area contributed by atoms with E-state index in [1.165, 1.54) is 0 Å². The molecule has 1 aromatic carbocycles. The summed E-state index contributed by atoms with van der Waals surface area (Å²) >= 11 is 0. The van der Waals surface area contributed by atoms with Crippen molar-refractivity contribution < 1.29 is 14.6 Å². The van der Waals surface area contributed by atoms with Gasteiger partial charge in [0, 0.05) is 0 Å². The maximum atomic E-state index is 11.6. The van der Waals surface area contributed by atoms with Crippen LogP contribution in [0.3, 0.4) is 0 Å². The van der Waals surface area contributed by atoms with Crippen LogP contribution in [0.25, 0.3) is 0 Å². The van der Waals surface area contributed by atoms with Gasteiger partial charge in [-0.05, 0) is 36.5 Å². The Hall–Kier alpha value is -1.51. The standard InChI is InChI=1S/C15H20O3/c1-3-11-10-12(6-7-13(11)18-2)15(14(16)17)8-4-5-9-15/h6-7,10H,3-5,8-9H2,1-2H3,(H,16,17). The predicted molar refractivity (Wildman–Crippen MR) is 70.2 cm³/mol. The Labute approximate surface area is 108 Å². The molecule has 1 aliphatic carbocycles. The van der Waals surface area contributed by atoms with E-state index < -0.39 is 11.4 Å². The van der Waals surface area contributed by atoms with Gasteiger partial charge in [0.25, 0.3) is 0 Å². The van der Waals surface area contributed by atoms with Crippen LogP contribution in [0.2, 0.25) is 0 Å². The van der Waals surface area contributed by atoms with Crippen molar-refractivity contribution in [2.24, 2.45) is 0 Å². The van der Waals surface area contributed by atoms with E-state index in [0.717, 1.165) is 49.0 Å². The van der Waals surface area contributed by atoms with Crippen molar-refractivity contribution in [1.82, 2.24) is 0 Å². The summed E-state index contributed by atoms with van der Waals surface area (Å²) in [6.07, 6.45) is 4.35. The number of ether oxygens (including phenoxy) is 1. The zero-order valence-corrected chi connectivity index (χ0v) is 11.0. The van der Waals surface area contributed by atoms with Gasteiger partial charge in [-0.2, -0.15) is 0 Å². The predicted octanol–water partition coefficient (Wildman–Crippen LogP) is 3.15. The van der Waals surface area contributed by atoms with Crippen molar-refractivity contribution in [3.8, 4) is 5.75 Å². The van der Waals surface area contributed by atoms with Crippen LogP contribution in [0, 0.1) is 0 Å². The second-order valence-electron chi connectivity index (χ2n) is 4.97. The minimum atomic E-state index is -0.688. The van der Waals surface area contributed by atoms with E-state index in [0.29, 0.717) is 0 Å². The summed E-state index contributed by atoms with van der Waals surface area (Å²) in [4.78, 5) is 11.6. The normalized spacial score (nSPS) is 17.7. The van der Waals surface area contributed by atoms with Gasteiger partial charge in [-0.3, -0.25) is 4.79 Å². The molecule has 3 nitrogen and oxygen atoms in total. The second-order valence-corrected chi connectivity index (χ2v) is 4.97. The molecule has 0 unspecified atom stereocenters.